The molecule has 1 saturated heterocycles. The third-order valence-corrected chi connectivity index (χ3v) is 2.83. The van der Waals surface area contributed by atoms with Gasteiger partial charge in [-0.05, 0) is 7.05 Å². The number of nitrogens with two attached hydrogens (primary N) is 1. The molecule has 1 aliphatic rings. The molecule has 0 saturated carbocycles. The van der Waals surface area contributed by atoms with E-state index in [9.17, 15) is 4.79 Å². The lowest BCUT2D eigenvalue weighted by molar-refractivity contribution is 0.0853. The first-order valence-corrected chi connectivity index (χ1v) is 5.23. The van der Waals surface area contributed by atoms with Gasteiger partial charge in [0, 0.05) is 18.5 Å². The van der Waals surface area contributed by atoms with Gasteiger partial charge in [0.1, 0.15) is 5.69 Å². The van der Waals surface area contributed by atoms with E-state index in [1.807, 2.05) is 7.05 Å². The number of nitrogens with zero attached hydrogens (tertiary/aromatic N) is 2. The Labute approximate surface area is 85.9 Å². The molecule has 5 nitrogen and oxygen atoms in total. The number of likely N-dealkylation sites (tertiary alicyclic amines) is 1. The van der Waals surface area contributed by atoms with Crippen LogP contribution in [0.15, 0.2) is 5.38 Å². The smallest absolute Gasteiger partial charge is 0.271 e. The van der Waals surface area contributed by atoms with Crippen LogP contribution in [-0.2, 0) is 0 Å². The van der Waals surface area contributed by atoms with Crippen molar-refractivity contribution in [2.45, 2.75) is 6.04 Å². The molecule has 0 spiro atoms. The van der Waals surface area contributed by atoms with Gasteiger partial charge in [-0.3, -0.25) is 4.79 Å². The maximum absolute atomic E-state index is 11.5. The largest absolute Gasteiger partial charge is 0.375 e. The standard InChI is InChI=1S/C8H12N4OS/c1-12-2-5(3-12)10-7(13)6-4-14-8(9)11-6/h4-5H,2-3H2,1H3,(H2,9,11)(H,10,13). The molecule has 14 heavy (non-hydrogen) atoms. The lowest BCUT2D eigenvalue weighted by Gasteiger charge is -2.36. The Kier molecular flexibility index (Phi) is 2.39. The molecule has 2 rings (SSSR count). The maximum Gasteiger partial charge on any atom is 0.271 e. The number of thiazole rings is 1. The van der Waals surface area contributed by atoms with Crippen molar-refractivity contribution in [1.82, 2.24) is 15.2 Å². The van der Waals surface area contributed by atoms with Crippen molar-refractivity contribution in [3.63, 3.8) is 0 Å². The van der Waals surface area contributed by atoms with Crippen LogP contribution in [0.3, 0.4) is 0 Å². The molecule has 1 amide bonds. The van der Waals surface area contributed by atoms with Crippen molar-refractivity contribution in [3.8, 4) is 0 Å². The van der Waals surface area contributed by atoms with Gasteiger partial charge in [-0.2, -0.15) is 0 Å². The number of nitrogen functional groups attached to an aromatic ring is 1. The highest BCUT2D eigenvalue weighted by Crippen LogP contribution is 2.11. The summed E-state index contributed by atoms with van der Waals surface area (Å²) < 4.78 is 0. The fraction of sp³-hybridized carbons (Fsp3) is 0.500. The van der Waals surface area contributed by atoms with E-state index in [1.165, 1.54) is 11.3 Å². The normalized spacial score (nSPS) is 17.8. The summed E-state index contributed by atoms with van der Waals surface area (Å²) in [6.07, 6.45) is 0. The van der Waals surface area contributed by atoms with Gasteiger partial charge in [-0.15, -0.1) is 11.3 Å². The minimum Gasteiger partial charge on any atom is -0.375 e. The van der Waals surface area contributed by atoms with E-state index in [4.69, 9.17) is 5.73 Å². The molecule has 1 aromatic heterocycles. The van der Waals surface area contributed by atoms with Crippen LogP contribution in [0.2, 0.25) is 0 Å². The minimum absolute atomic E-state index is 0.129. The first-order chi connectivity index (χ1) is 6.65. The molecule has 0 aromatic carbocycles. The van der Waals surface area contributed by atoms with Crippen molar-refractivity contribution < 1.29 is 4.79 Å². The second kappa shape index (κ2) is 3.55. The summed E-state index contributed by atoms with van der Waals surface area (Å²) in [6, 6.07) is 0.260. The number of aromatic nitrogens is 1. The van der Waals surface area contributed by atoms with Crippen LogP contribution in [0.25, 0.3) is 0 Å². The highest BCUT2D eigenvalue weighted by atomic mass is 32.1. The van der Waals surface area contributed by atoms with E-state index in [0.29, 0.717) is 10.8 Å². The lowest BCUT2D eigenvalue weighted by atomic mass is 10.1. The Morgan fingerprint density at radius 2 is 2.50 bits per heavy atom. The van der Waals surface area contributed by atoms with Crippen LogP contribution in [0.4, 0.5) is 5.13 Å². The molecule has 6 heteroatoms. The minimum atomic E-state index is -0.129. The average Bonchev–Trinajstić information content (AvgIpc) is 2.49. The number of carbonyl (C=O) groups is 1. The number of rotatable bonds is 2. The third-order valence-electron chi connectivity index (χ3n) is 2.15. The summed E-state index contributed by atoms with van der Waals surface area (Å²) in [5.74, 6) is -0.129. The van der Waals surface area contributed by atoms with E-state index in [-0.39, 0.29) is 11.9 Å². The van der Waals surface area contributed by atoms with Crippen LogP contribution < -0.4 is 11.1 Å². The maximum atomic E-state index is 11.5. The molecule has 1 aromatic rings. The quantitative estimate of drug-likeness (QED) is 0.710. The predicted molar refractivity (Wildman–Crippen MR) is 55.3 cm³/mol. The SMILES string of the molecule is CN1CC(NC(=O)c2csc(N)n2)C1. The van der Waals surface area contributed by atoms with Gasteiger partial charge < -0.3 is 16.0 Å². The number of nitrogens with one attached hydrogen (secondary N) is 1. The number of anilines is 1. The number of carbonyl (C=O) groups excluding carboxylic acids is 1. The average molecular weight is 212 g/mol. The van der Waals surface area contributed by atoms with E-state index < -0.39 is 0 Å². The Morgan fingerprint density at radius 3 is 3.00 bits per heavy atom. The Bertz CT molecular complexity index is 345. The molecular formula is C8H12N4OS. The molecule has 1 aliphatic heterocycles. The first kappa shape index (κ1) is 9.42. The van der Waals surface area contributed by atoms with Gasteiger partial charge in [-0.1, -0.05) is 0 Å². The fourth-order valence-electron chi connectivity index (χ4n) is 1.44. The zero-order chi connectivity index (χ0) is 10.1. The summed E-state index contributed by atoms with van der Waals surface area (Å²) in [5.41, 5.74) is 5.85. The van der Waals surface area contributed by atoms with Crippen molar-refractivity contribution in [3.05, 3.63) is 11.1 Å². The van der Waals surface area contributed by atoms with E-state index in [1.54, 1.807) is 5.38 Å². The van der Waals surface area contributed by atoms with Crippen LogP contribution in [0, 0.1) is 0 Å². The second-order valence-corrected chi connectivity index (χ2v) is 4.35. The van der Waals surface area contributed by atoms with Crippen LogP contribution in [0.1, 0.15) is 10.5 Å². The van der Waals surface area contributed by atoms with Crippen molar-refractivity contribution in [2.24, 2.45) is 0 Å². The highest BCUT2D eigenvalue weighted by molar-refractivity contribution is 7.13. The Hall–Kier alpha value is -1.14. The first-order valence-electron chi connectivity index (χ1n) is 4.35. The van der Waals surface area contributed by atoms with Crippen molar-refractivity contribution in [2.75, 3.05) is 25.9 Å². The fourth-order valence-corrected chi connectivity index (χ4v) is 1.98. The topological polar surface area (TPSA) is 71.2 Å². The molecule has 0 radical (unpaired) electrons. The Balaban J connectivity index is 1.90. The van der Waals surface area contributed by atoms with Gasteiger partial charge >= 0.3 is 0 Å². The number of amides is 1. The summed E-state index contributed by atoms with van der Waals surface area (Å²) in [5, 5.41) is 4.99. The van der Waals surface area contributed by atoms with Crippen molar-refractivity contribution in [1.29, 1.82) is 0 Å². The lowest BCUT2D eigenvalue weighted by Crippen LogP contribution is -2.57. The summed E-state index contributed by atoms with van der Waals surface area (Å²) in [4.78, 5) is 17.6. The van der Waals surface area contributed by atoms with Crippen LogP contribution in [0.5, 0.6) is 0 Å². The zero-order valence-corrected chi connectivity index (χ0v) is 8.67. The highest BCUT2D eigenvalue weighted by Gasteiger charge is 2.25. The van der Waals surface area contributed by atoms with Crippen molar-refractivity contribution >= 4 is 22.4 Å². The monoisotopic (exact) mass is 212 g/mol. The molecule has 2 heterocycles. The number of hydrogen-bond donors (Lipinski definition) is 2. The molecule has 0 bridgehead atoms. The molecule has 76 valence electrons. The van der Waals surface area contributed by atoms with Gasteiger partial charge in [-0.25, -0.2) is 4.98 Å². The molecule has 0 aliphatic carbocycles. The number of hydrogen-bond acceptors (Lipinski definition) is 5. The van der Waals surface area contributed by atoms with Gasteiger partial charge in [0.25, 0.3) is 5.91 Å². The third kappa shape index (κ3) is 1.85. The predicted octanol–water partition coefficient (Wildman–Crippen LogP) is -0.231. The molecule has 0 atom stereocenters. The summed E-state index contributed by atoms with van der Waals surface area (Å²) >= 11 is 1.28. The van der Waals surface area contributed by atoms with Gasteiger partial charge in [0.05, 0.1) is 6.04 Å². The second-order valence-electron chi connectivity index (χ2n) is 3.46. The van der Waals surface area contributed by atoms with E-state index in [2.05, 4.69) is 15.2 Å². The van der Waals surface area contributed by atoms with Gasteiger partial charge in [0.15, 0.2) is 5.13 Å². The van der Waals surface area contributed by atoms with E-state index in [0.717, 1.165) is 13.1 Å². The summed E-state index contributed by atoms with van der Waals surface area (Å²) in [6.45, 7) is 1.82. The molecule has 1 fully saturated rings. The molecule has 3 N–H and O–H groups in total. The van der Waals surface area contributed by atoms with Gasteiger partial charge in [0.2, 0.25) is 0 Å². The summed E-state index contributed by atoms with van der Waals surface area (Å²) in [7, 11) is 2.02. The molecule has 0 unspecified atom stereocenters. The molecular weight excluding hydrogens is 200 g/mol. The zero-order valence-electron chi connectivity index (χ0n) is 7.86. The van der Waals surface area contributed by atoms with Crippen LogP contribution >= 0.6 is 11.3 Å². The Morgan fingerprint density at radius 1 is 1.79 bits per heavy atom. The van der Waals surface area contributed by atoms with E-state index >= 15 is 0 Å². The van der Waals surface area contributed by atoms with Crippen LogP contribution in [-0.4, -0.2) is 42.0 Å². The number of likely N-dealkylation sites (N-methyl/N-ethyl adjacent to an activating group) is 1.